The Morgan fingerprint density at radius 1 is 0.818 bits per heavy atom. The van der Waals surface area contributed by atoms with Crippen molar-refractivity contribution in [1.82, 2.24) is 4.98 Å². The Morgan fingerprint density at radius 3 is 1.76 bits per heavy atom. The zero-order chi connectivity index (χ0) is 22.9. The first-order valence-corrected chi connectivity index (χ1v) is 15.5. The summed E-state index contributed by atoms with van der Waals surface area (Å²) in [6, 6.07) is 33.7. The second-order valence-corrected chi connectivity index (χ2v) is 17.3. The van der Waals surface area contributed by atoms with Crippen molar-refractivity contribution in [3.8, 4) is 0 Å². The standard InChI is InChI=1S/C28H26BrN2OP/c1-22-19-23(21-30-20-22)31-18-17-27(28(31)32)33(29,24-11-5-2-6-12-24,25-13-7-3-8-14-25)26-15-9-4-10-16-26/h2-16,19-21,27H,17-18H2,1H3. The molecule has 0 aliphatic carbocycles. The van der Waals surface area contributed by atoms with Gasteiger partial charge in [0.05, 0.1) is 0 Å². The van der Waals surface area contributed by atoms with Crippen LogP contribution in [0.2, 0.25) is 0 Å². The van der Waals surface area contributed by atoms with Crippen LogP contribution >= 0.6 is 20.8 Å². The van der Waals surface area contributed by atoms with Crippen molar-refractivity contribution in [1.29, 1.82) is 0 Å². The van der Waals surface area contributed by atoms with Crippen LogP contribution in [0, 0.1) is 6.92 Å². The Morgan fingerprint density at radius 2 is 1.30 bits per heavy atom. The quantitative estimate of drug-likeness (QED) is 0.335. The predicted molar refractivity (Wildman–Crippen MR) is 144 cm³/mol. The van der Waals surface area contributed by atoms with Gasteiger partial charge in [0.1, 0.15) is 0 Å². The first-order chi connectivity index (χ1) is 16.0. The van der Waals surface area contributed by atoms with Crippen LogP contribution in [0.5, 0.6) is 0 Å². The van der Waals surface area contributed by atoms with Crippen molar-refractivity contribution in [2.75, 3.05) is 11.4 Å². The van der Waals surface area contributed by atoms with Crippen LogP contribution < -0.4 is 20.8 Å². The predicted octanol–water partition coefficient (Wildman–Crippen LogP) is 5.34. The van der Waals surface area contributed by atoms with Gasteiger partial charge in [-0.05, 0) is 0 Å². The third-order valence-electron chi connectivity index (χ3n) is 6.72. The van der Waals surface area contributed by atoms with E-state index in [2.05, 4.69) is 93.3 Å². The number of hydrogen-bond acceptors (Lipinski definition) is 2. The van der Waals surface area contributed by atoms with Crippen molar-refractivity contribution in [2.24, 2.45) is 0 Å². The number of benzene rings is 3. The van der Waals surface area contributed by atoms with Crippen molar-refractivity contribution in [2.45, 2.75) is 19.0 Å². The molecule has 5 heteroatoms. The van der Waals surface area contributed by atoms with Gasteiger partial charge in [-0.2, -0.15) is 0 Å². The third kappa shape index (κ3) is 3.36. The fraction of sp³-hybridized carbons (Fsp3) is 0.143. The molecule has 1 aliphatic heterocycles. The van der Waals surface area contributed by atoms with E-state index in [1.807, 2.05) is 42.3 Å². The fourth-order valence-corrected chi connectivity index (χ4v) is 13.9. The van der Waals surface area contributed by atoms with E-state index in [1.54, 1.807) is 6.20 Å². The molecule has 3 aromatic carbocycles. The molecule has 1 aliphatic rings. The number of pyridine rings is 1. The van der Waals surface area contributed by atoms with Crippen molar-refractivity contribution >= 4 is 48.3 Å². The second-order valence-electron chi connectivity index (χ2n) is 8.60. The number of amides is 1. The number of hydrogen-bond donors (Lipinski definition) is 0. The Hall–Kier alpha value is -2.81. The number of rotatable bonds is 5. The number of aryl methyl sites for hydroxylation is 1. The first-order valence-electron chi connectivity index (χ1n) is 11.2. The molecule has 1 saturated heterocycles. The van der Waals surface area contributed by atoms with E-state index in [1.165, 1.54) is 15.9 Å². The van der Waals surface area contributed by atoms with Crippen molar-refractivity contribution in [3.63, 3.8) is 0 Å². The molecule has 1 amide bonds. The summed E-state index contributed by atoms with van der Waals surface area (Å²) in [6.07, 6.45) is 4.38. The van der Waals surface area contributed by atoms with E-state index in [4.69, 9.17) is 0 Å². The van der Waals surface area contributed by atoms with Crippen LogP contribution in [0.25, 0.3) is 0 Å². The van der Waals surface area contributed by atoms with Gasteiger partial charge >= 0.3 is 204 Å². The number of halogens is 1. The fourth-order valence-electron chi connectivity index (χ4n) is 5.20. The van der Waals surface area contributed by atoms with Crippen molar-refractivity contribution < 1.29 is 4.79 Å². The summed E-state index contributed by atoms with van der Waals surface area (Å²) in [5.41, 5.74) is 1.69. The average molecular weight is 517 g/mol. The zero-order valence-electron chi connectivity index (χ0n) is 18.5. The maximum absolute atomic E-state index is 14.3. The molecule has 0 radical (unpaired) electrons. The molecule has 1 aromatic heterocycles. The summed E-state index contributed by atoms with van der Waals surface area (Å²) >= 11 is 4.47. The van der Waals surface area contributed by atoms with Gasteiger partial charge in [-0.15, -0.1) is 0 Å². The summed E-state index contributed by atoms with van der Waals surface area (Å²) in [5.74, 6) is 0.147. The van der Waals surface area contributed by atoms with Crippen LogP contribution in [0.3, 0.4) is 0 Å². The molecule has 0 saturated carbocycles. The molecule has 166 valence electrons. The monoisotopic (exact) mass is 516 g/mol. The summed E-state index contributed by atoms with van der Waals surface area (Å²) in [6.45, 7) is 2.68. The van der Waals surface area contributed by atoms with Gasteiger partial charge in [0.2, 0.25) is 0 Å². The molecule has 33 heavy (non-hydrogen) atoms. The molecule has 1 atom stereocenters. The third-order valence-corrected chi connectivity index (χ3v) is 17.5. The van der Waals surface area contributed by atoms with E-state index >= 15 is 0 Å². The first kappa shape index (κ1) is 22.0. The van der Waals surface area contributed by atoms with Crippen LogP contribution in [0.4, 0.5) is 5.69 Å². The van der Waals surface area contributed by atoms with Gasteiger partial charge < -0.3 is 0 Å². The molecule has 0 spiro atoms. The van der Waals surface area contributed by atoms with Crippen LogP contribution in [0.1, 0.15) is 12.0 Å². The number of carbonyl (C=O) groups is 1. The zero-order valence-corrected chi connectivity index (χ0v) is 21.0. The summed E-state index contributed by atoms with van der Waals surface area (Å²) < 4.78 is 0. The number of carbonyl (C=O) groups excluding carboxylic acids is 1. The van der Waals surface area contributed by atoms with E-state index < -0.39 is 5.31 Å². The Bertz CT molecular complexity index is 1180. The second kappa shape index (κ2) is 8.52. The molecule has 3 nitrogen and oxygen atoms in total. The topological polar surface area (TPSA) is 33.2 Å². The number of aromatic nitrogens is 1. The van der Waals surface area contributed by atoms with Crippen LogP contribution in [-0.2, 0) is 4.79 Å². The Labute approximate surface area is 203 Å². The van der Waals surface area contributed by atoms with Gasteiger partial charge in [-0.1, -0.05) is 0 Å². The van der Waals surface area contributed by atoms with Gasteiger partial charge in [-0.25, -0.2) is 0 Å². The maximum atomic E-state index is 14.3. The molecular weight excluding hydrogens is 491 g/mol. The molecule has 0 bridgehead atoms. The number of nitrogens with zero attached hydrogens (tertiary/aromatic N) is 2. The summed E-state index contributed by atoms with van der Waals surface area (Å²) in [7, 11) is 0. The Kier molecular flexibility index (Phi) is 5.68. The molecule has 0 N–H and O–H groups in total. The molecule has 4 aromatic rings. The number of anilines is 1. The van der Waals surface area contributed by atoms with E-state index in [0.29, 0.717) is 6.54 Å². The Balaban J connectivity index is 1.79. The average Bonchev–Trinajstić information content (AvgIpc) is 3.27. The van der Waals surface area contributed by atoms with E-state index in [9.17, 15) is 4.79 Å². The SMILES string of the molecule is Cc1cncc(N2CCC(P(Br)(c3ccccc3)(c3ccccc3)c3ccccc3)C2=O)c1. The van der Waals surface area contributed by atoms with Gasteiger partial charge in [0.25, 0.3) is 0 Å². The summed E-state index contributed by atoms with van der Waals surface area (Å²) in [5, 5.41) is 0.143. The normalized spacial score (nSPS) is 17.5. The molecule has 5 rings (SSSR count). The molecule has 1 fully saturated rings. The molecular formula is C28H26BrN2OP. The van der Waals surface area contributed by atoms with Gasteiger partial charge in [0.15, 0.2) is 0 Å². The van der Waals surface area contributed by atoms with E-state index in [-0.39, 0.29) is 11.6 Å². The van der Waals surface area contributed by atoms with Crippen LogP contribution in [-0.4, -0.2) is 23.1 Å². The van der Waals surface area contributed by atoms with Crippen LogP contribution in [0.15, 0.2) is 109 Å². The van der Waals surface area contributed by atoms with Gasteiger partial charge in [0, 0.05) is 0 Å². The minimum absolute atomic E-state index is 0.147. The molecule has 1 unspecified atom stereocenters. The van der Waals surface area contributed by atoms with E-state index in [0.717, 1.165) is 17.7 Å². The van der Waals surface area contributed by atoms with Crippen molar-refractivity contribution in [3.05, 3.63) is 115 Å². The minimum atomic E-state index is -3.37. The summed E-state index contributed by atoms with van der Waals surface area (Å²) in [4.78, 5) is 20.6. The molecule has 2 heterocycles. The van der Waals surface area contributed by atoms with Gasteiger partial charge in [-0.3, -0.25) is 0 Å².